The van der Waals surface area contributed by atoms with Crippen molar-refractivity contribution in [1.29, 1.82) is 0 Å². The zero-order chi connectivity index (χ0) is 17.2. The quantitative estimate of drug-likeness (QED) is 0.923. The van der Waals surface area contributed by atoms with Crippen LogP contribution in [0.25, 0.3) is 0 Å². The lowest BCUT2D eigenvalue weighted by molar-refractivity contribution is -0.0547. The third kappa shape index (κ3) is 3.23. The summed E-state index contributed by atoms with van der Waals surface area (Å²) in [6.07, 6.45) is 1.56. The predicted octanol–water partition coefficient (Wildman–Crippen LogP) is 2.04. The van der Waals surface area contributed by atoms with Crippen LogP contribution >= 0.6 is 0 Å². The van der Waals surface area contributed by atoms with Crippen LogP contribution in [-0.4, -0.2) is 59.8 Å². The van der Waals surface area contributed by atoms with Gasteiger partial charge in [-0.3, -0.25) is 4.90 Å². The molecule has 0 amide bonds. The van der Waals surface area contributed by atoms with Crippen molar-refractivity contribution in [2.24, 2.45) is 0 Å². The minimum atomic E-state index is -0.995. The first kappa shape index (κ1) is 16.1. The largest absolute Gasteiger partial charge is 0.477 e. The van der Waals surface area contributed by atoms with Gasteiger partial charge in [0.1, 0.15) is 5.69 Å². The summed E-state index contributed by atoms with van der Waals surface area (Å²) in [5, 5.41) is 9.15. The molecule has 6 heteroatoms. The highest BCUT2D eigenvalue weighted by molar-refractivity contribution is 5.86. The number of aromatic carboxylic acids is 1. The van der Waals surface area contributed by atoms with Crippen molar-refractivity contribution < 1.29 is 14.6 Å². The average Bonchev–Trinajstić information content (AvgIpc) is 2.68. The second-order valence-corrected chi connectivity index (χ2v) is 6.51. The van der Waals surface area contributed by atoms with Crippen LogP contribution in [0.4, 0.5) is 5.69 Å². The molecule has 6 nitrogen and oxygen atoms in total. The topological polar surface area (TPSA) is 65.9 Å². The molecular formula is C19H21N3O3. The lowest BCUT2D eigenvalue weighted by Gasteiger charge is -2.48. The Morgan fingerprint density at radius 3 is 2.80 bits per heavy atom. The van der Waals surface area contributed by atoms with E-state index < -0.39 is 5.97 Å². The molecule has 2 fully saturated rings. The number of ether oxygens (including phenoxy) is 1. The minimum Gasteiger partial charge on any atom is -0.477 e. The van der Waals surface area contributed by atoms with Crippen molar-refractivity contribution >= 4 is 11.7 Å². The molecule has 0 bridgehead atoms. The first-order valence-electron chi connectivity index (χ1n) is 8.55. The van der Waals surface area contributed by atoms with E-state index in [4.69, 9.17) is 9.84 Å². The highest BCUT2D eigenvalue weighted by Crippen LogP contribution is 2.31. The van der Waals surface area contributed by atoms with Gasteiger partial charge >= 0.3 is 5.97 Å². The van der Waals surface area contributed by atoms with E-state index in [1.54, 1.807) is 12.3 Å². The number of anilines is 1. The number of nitrogens with zero attached hydrogens (tertiary/aromatic N) is 3. The van der Waals surface area contributed by atoms with Crippen LogP contribution in [0.3, 0.4) is 0 Å². The third-order valence-corrected chi connectivity index (χ3v) is 5.03. The zero-order valence-electron chi connectivity index (χ0n) is 13.9. The Labute approximate surface area is 146 Å². The normalized spacial score (nSPS) is 23.9. The van der Waals surface area contributed by atoms with Gasteiger partial charge in [0.05, 0.1) is 25.3 Å². The molecule has 2 atom stereocenters. The average molecular weight is 339 g/mol. The number of piperazine rings is 1. The molecule has 0 aliphatic carbocycles. The van der Waals surface area contributed by atoms with Crippen LogP contribution in [-0.2, 0) is 4.74 Å². The first-order valence-corrected chi connectivity index (χ1v) is 8.55. The van der Waals surface area contributed by atoms with E-state index in [0.717, 1.165) is 31.9 Å². The molecule has 2 saturated heterocycles. The highest BCUT2D eigenvalue weighted by Gasteiger charge is 2.36. The van der Waals surface area contributed by atoms with Crippen molar-refractivity contribution in [2.75, 3.05) is 37.7 Å². The fourth-order valence-corrected chi connectivity index (χ4v) is 3.77. The van der Waals surface area contributed by atoms with E-state index >= 15 is 0 Å². The fraction of sp³-hybridized carbons (Fsp3) is 0.368. The predicted molar refractivity (Wildman–Crippen MR) is 93.9 cm³/mol. The number of fused-ring (bicyclic) bond motifs is 1. The van der Waals surface area contributed by atoms with Gasteiger partial charge in [0.25, 0.3) is 0 Å². The molecule has 25 heavy (non-hydrogen) atoms. The van der Waals surface area contributed by atoms with Gasteiger partial charge in [0, 0.05) is 31.5 Å². The molecule has 1 aromatic carbocycles. The molecule has 2 aromatic rings. The molecule has 130 valence electrons. The number of hydrogen-bond donors (Lipinski definition) is 1. The summed E-state index contributed by atoms with van der Waals surface area (Å²) < 4.78 is 5.88. The molecule has 3 heterocycles. The highest BCUT2D eigenvalue weighted by atomic mass is 16.5. The monoisotopic (exact) mass is 339 g/mol. The standard InChI is InChI=1S/C19H21N3O3/c23-19(24)17-10-15(6-7-20-17)21-8-9-22-16(11-21)12-25-13-18(22)14-4-2-1-3-5-14/h1-7,10,16,18H,8-9,11-13H2,(H,23,24)/t16-,18-/m1/s1. The molecule has 1 aromatic heterocycles. The van der Waals surface area contributed by atoms with Gasteiger partial charge in [-0.25, -0.2) is 9.78 Å². The Morgan fingerprint density at radius 1 is 1.16 bits per heavy atom. The third-order valence-electron chi connectivity index (χ3n) is 5.03. The van der Waals surface area contributed by atoms with Crippen LogP contribution in [0.1, 0.15) is 22.1 Å². The van der Waals surface area contributed by atoms with E-state index in [2.05, 4.69) is 39.0 Å². The molecule has 2 aliphatic rings. The maximum absolute atomic E-state index is 11.2. The van der Waals surface area contributed by atoms with Crippen LogP contribution < -0.4 is 4.90 Å². The maximum Gasteiger partial charge on any atom is 0.354 e. The maximum atomic E-state index is 11.2. The lowest BCUT2D eigenvalue weighted by atomic mass is 10.00. The Balaban J connectivity index is 1.52. The summed E-state index contributed by atoms with van der Waals surface area (Å²) in [5.41, 5.74) is 2.29. The summed E-state index contributed by atoms with van der Waals surface area (Å²) in [5.74, 6) is -0.995. The molecule has 1 N–H and O–H groups in total. The second kappa shape index (κ2) is 6.82. The van der Waals surface area contributed by atoms with Crippen molar-refractivity contribution in [3.05, 3.63) is 59.9 Å². The van der Waals surface area contributed by atoms with Crippen LogP contribution in [0.5, 0.6) is 0 Å². The second-order valence-electron chi connectivity index (χ2n) is 6.51. The number of aromatic nitrogens is 1. The number of benzene rings is 1. The molecular weight excluding hydrogens is 318 g/mol. The Kier molecular flexibility index (Phi) is 4.38. The molecule has 0 unspecified atom stereocenters. The summed E-state index contributed by atoms with van der Waals surface area (Å²) in [6, 6.07) is 14.6. The Morgan fingerprint density at radius 2 is 2.00 bits per heavy atom. The summed E-state index contributed by atoms with van der Waals surface area (Å²) in [6.45, 7) is 4.04. The SMILES string of the molecule is O=C(O)c1cc(N2CCN3[C@@H](COC[C@@H]3c3ccccc3)C2)ccn1. The Bertz CT molecular complexity index is 753. The van der Waals surface area contributed by atoms with E-state index in [0.29, 0.717) is 12.6 Å². The van der Waals surface area contributed by atoms with Crippen LogP contribution in [0.15, 0.2) is 48.7 Å². The molecule has 0 radical (unpaired) electrons. The van der Waals surface area contributed by atoms with Gasteiger partial charge < -0.3 is 14.7 Å². The Hall–Kier alpha value is -2.44. The van der Waals surface area contributed by atoms with Crippen molar-refractivity contribution in [3.63, 3.8) is 0 Å². The molecule has 0 spiro atoms. The van der Waals surface area contributed by atoms with E-state index in [-0.39, 0.29) is 11.7 Å². The van der Waals surface area contributed by atoms with Gasteiger partial charge in [-0.15, -0.1) is 0 Å². The first-order chi connectivity index (χ1) is 12.2. The van der Waals surface area contributed by atoms with Crippen LogP contribution in [0, 0.1) is 0 Å². The minimum absolute atomic E-state index is 0.0852. The number of hydrogen-bond acceptors (Lipinski definition) is 5. The number of carboxylic acid groups (broad SMARTS) is 1. The van der Waals surface area contributed by atoms with Gasteiger partial charge in [-0.05, 0) is 17.7 Å². The smallest absolute Gasteiger partial charge is 0.354 e. The lowest BCUT2D eigenvalue weighted by Crippen LogP contribution is -2.59. The van der Waals surface area contributed by atoms with E-state index in [1.807, 2.05) is 12.1 Å². The van der Waals surface area contributed by atoms with Gasteiger partial charge in [0.15, 0.2) is 0 Å². The van der Waals surface area contributed by atoms with Crippen molar-refractivity contribution in [3.8, 4) is 0 Å². The van der Waals surface area contributed by atoms with Crippen LogP contribution in [0.2, 0.25) is 0 Å². The van der Waals surface area contributed by atoms with E-state index in [9.17, 15) is 4.79 Å². The number of carbonyl (C=O) groups is 1. The number of morpholine rings is 1. The van der Waals surface area contributed by atoms with Crippen molar-refractivity contribution in [2.45, 2.75) is 12.1 Å². The summed E-state index contributed by atoms with van der Waals surface area (Å²) >= 11 is 0. The van der Waals surface area contributed by atoms with Gasteiger partial charge in [-0.1, -0.05) is 30.3 Å². The van der Waals surface area contributed by atoms with E-state index in [1.165, 1.54) is 5.56 Å². The fourth-order valence-electron chi connectivity index (χ4n) is 3.77. The van der Waals surface area contributed by atoms with Crippen molar-refractivity contribution in [1.82, 2.24) is 9.88 Å². The van der Waals surface area contributed by atoms with Gasteiger partial charge in [-0.2, -0.15) is 0 Å². The summed E-state index contributed by atoms with van der Waals surface area (Å²) in [4.78, 5) is 19.8. The number of pyridine rings is 1. The molecule has 0 saturated carbocycles. The summed E-state index contributed by atoms with van der Waals surface area (Å²) in [7, 11) is 0. The zero-order valence-corrected chi connectivity index (χ0v) is 13.9. The number of rotatable bonds is 3. The molecule has 4 rings (SSSR count). The molecule has 2 aliphatic heterocycles. The van der Waals surface area contributed by atoms with Gasteiger partial charge in [0.2, 0.25) is 0 Å². The number of carboxylic acids is 1.